The molecule has 9 nitrogen and oxygen atoms in total. The highest BCUT2D eigenvalue weighted by Crippen LogP contribution is 2.42. The number of amides is 1. The number of halogens is 3. The third-order valence-corrected chi connectivity index (χ3v) is 8.07. The van der Waals surface area contributed by atoms with Gasteiger partial charge in [0.25, 0.3) is 11.5 Å². The van der Waals surface area contributed by atoms with Crippen LogP contribution >= 0.6 is 0 Å². The SMILES string of the molecule is CO[C@](C(=O)N[C@@H](CCN(CCCCc1ccc2c(n1)NCCC2)CCOc1ccccc1)C(=O)O)(c1ccccc1)C(F)(F)F. The van der Waals surface area contributed by atoms with Crippen molar-refractivity contribution in [2.75, 3.05) is 45.2 Å². The minimum absolute atomic E-state index is 0.128. The number of nitrogens with zero attached hydrogens (tertiary/aromatic N) is 2. The number of nitrogens with one attached hydrogen (secondary N) is 2. The van der Waals surface area contributed by atoms with Crippen molar-refractivity contribution < 1.29 is 37.3 Å². The first-order chi connectivity index (χ1) is 22.1. The minimum Gasteiger partial charge on any atom is -0.492 e. The van der Waals surface area contributed by atoms with Crippen LogP contribution in [0.1, 0.15) is 42.5 Å². The fourth-order valence-electron chi connectivity index (χ4n) is 5.55. The Balaban J connectivity index is 1.39. The Hall–Kier alpha value is -4.16. The van der Waals surface area contributed by atoms with Crippen molar-refractivity contribution in [3.63, 3.8) is 0 Å². The van der Waals surface area contributed by atoms with Crippen molar-refractivity contribution in [1.29, 1.82) is 0 Å². The summed E-state index contributed by atoms with van der Waals surface area (Å²) in [6, 6.07) is 18.3. The van der Waals surface area contributed by atoms with Gasteiger partial charge in [-0.2, -0.15) is 13.2 Å². The number of pyridine rings is 1. The topological polar surface area (TPSA) is 113 Å². The summed E-state index contributed by atoms with van der Waals surface area (Å²) in [5, 5.41) is 15.4. The lowest BCUT2D eigenvalue weighted by molar-refractivity contribution is -0.266. The average molecular weight is 643 g/mol. The number of carbonyl (C=O) groups is 2. The molecule has 1 aliphatic rings. The number of ether oxygens (including phenoxy) is 2. The zero-order valence-electron chi connectivity index (χ0n) is 25.9. The first kappa shape index (κ1) is 34.7. The molecule has 1 aliphatic heterocycles. The van der Waals surface area contributed by atoms with Gasteiger partial charge in [0, 0.05) is 38.0 Å². The molecule has 1 amide bonds. The van der Waals surface area contributed by atoms with Gasteiger partial charge in [0.2, 0.25) is 0 Å². The molecule has 0 saturated carbocycles. The van der Waals surface area contributed by atoms with Gasteiger partial charge < -0.3 is 25.2 Å². The van der Waals surface area contributed by atoms with Crippen LogP contribution in [0, 0.1) is 0 Å². The van der Waals surface area contributed by atoms with Gasteiger partial charge in [-0.05, 0) is 68.8 Å². The smallest absolute Gasteiger partial charge is 0.430 e. The molecule has 0 radical (unpaired) electrons. The maximum atomic E-state index is 14.4. The van der Waals surface area contributed by atoms with Crippen LogP contribution in [-0.2, 0) is 32.8 Å². The summed E-state index contributed by atoms with van der Waals surface area (Å²) in [6.07, 6.45) is -0.796. The lowest BCUT2D eigenvalue weighted by Crippen LogP contribution is -2.59. The van der Waals surface area contributed by atoms with Crippen molar-refractivity contribution in [1.82, 2.24) is 15.2 Å². The number of carbonyl (C=O) groups excluding carboxylic acids is 1. The third kappa shape index (κ3) is 8.97. The zero-order chi connectivity index (χ0) is 33.0. The van der Waals surface area contributed by atoms with Crippen LogP contribution in [-0.4, -0.2) is 79.0 Å². The molecular weight excluding hydrogens is 601 g/mol. The van der Waals surface area contributed by atoms with Crippen molar-refractivity contribution in [2.24, 2.45) is 0 Å². The van der Waals surface area contributed by atoms with Gasteiger partial charge in [-0.1, -0.05) is 54.6 Å². The number of aliphatic carboxylic acids is 1. The standard InChI is InChI=1S/C34H41F3N4O5/c1-45-33(34(35,36)37,26-12-4-2-5-13-26)32(44)40-29(31(42)43)19-22-41(23-24-46-28-15-6-3-7-16-28)21-9-8-14-27-18-17-25-11-10-20-38-30(25)39-27/h2-7,12-13,15-18,29H,8-11,14,19-24H2,1H3,(H,38,39)(H,40,44)(H,42,43)/t29-,33-/m0/s1. The van der Waals surface area contributed by atoms with Gasteiger partial charge in [0.05, 0.1) is 0 Å². The molecule has 0 aliphatic carbocycles. The number of alkyl halides is 3. The Kier molecular flexibility index (Phi) is 12.4. The van der Waals surface area contributed by atoms with E-state index >= 15 is 0 Å². The number of benzene rings is 2. The van der Waals surface area contributed by atoms with E-state index in [4.69, 9.17) is 14.5 Å². The van der Waals surface area contributed by atoms with E-state index < -0.39 is 35.3 Å². The van der Waals surface area contributed by atoms with Gasteiger partial charge in [-0.3, -0.25) is 9.69 Å². The van der Waals surface area contributed by atoms with E-state index in [1.807, 2.05) is 41.3 Å². The molecule has 2 heterocycles. The highest BCUT2D eigenvalue weighted by atomic mass is 19.4. The number of anilines is 1. The molecule has 3 aromatic rings. The number of methoxy groups -OCH3 is 1. The van der Waals surface area contributed by atoms with Crippen LogP contribution < -0.4 is 15.4 Å². The van der Waals surface area contributed by atoms with E-state index in [1.165, 1.54) is 23.8 Å². The van der Waals surface area contributed by atoms with Crippen molar-refractivity contribution in [3.05, 3.63) is 89.6 Å². The quantitative estimate of drug-likeness (QED) is 0.172. The van der Waals surface area contributed by atoms with Crippen LogP contribution in [0.3, 0.4) is 0 Å². The largest absolute Gasteiger partial charge is 0.492 e. The fraction of sp³-hybridized carbons (Fsp3) is 0.441. The molecule has 46 heavy (non-hydrogen) atoms. The second-order valence-corrected chi connectivity index (χ2v) is 11.2. The number of hydrogen-bond acceptors (Lipinski definition) is 7. The summed E-state index contributed by atoms with van der Waals surface area (Å²) in [5.41, 5.74) is -1.60. The van der Waals surface area contributed by atoms with E-state index in [0.717, 1.165) is 69.4 Å². The van der Waals surface area contributed by atoms with Crippen LogP contribution in [0.4, 0.5) is 19.0 Å². The minimum atomic E-state index is -5.15. The Morgan fingerprint density at radius 1 is 1.00 bits per heavy atom. The number of para-hydroxylation sites is 1. The maximum Gasteiger partial charge on any atom is 0.430 e. The molecule has 0 unspecified atom stereocenters. The average Bonchev–Trinajstić information content (AvgIpc) is 3.05. The maximum absolute atomic E-state index is 14.4. The Morgan fingerprint density at radius 3 is 2.39 bits per heavy atom. The monoisotopic (exact) mass is 642 g/mol. The summed E-state index contributed by atoms with van der Waals surface area (Å²) >= 11 is 0. The number of carboxylic acid groups (broad SMARTS) is 1. The van der Waals surface area contributed by atoms with Gasteiger partial charge in [-0.25, -0.2) is 9.78 Å². The molecule has 0 spiro atoms. The van der Waals surface area contributed by atoms with Gasteiger partial charge in [0.15, 0.2) is 0 Å². The molecule has 0 fully saturated rings. The van der Waals surface area contributed by atoms with Crippen LogP contribution in [0.2, 0.25) is 0 Å². The highest BCUT2D eigenvalue weighted by molar-refractivity contribution is 5.91. The van der Waals surface area contributed by atoms with E-state index in [0.29, 0.717) is 25.4 Å². The van der Waals surface area contributed by atoms with Crippen LogP contribution in [0.5, 0.6) is 5.75 Å². The number of aryl methyl sites for hydroxylation is 2. The van der Waals surface area contributed by atoms with Crippen LogP contribution in [0.15, 0.2) is 72.8 Å². The fourth-order valence-corrected chi connectivity index (χ4v) is 5.55. The van der Waals surface area contributed by atoms with E-state index in [2.05, 4.69) is 16.7 Å². The molecule has 4 rings (SSSR count). The van der Waals surface area contributed by atoms with Crippen LogP contribution in [0.25, 0.3) is 0 Å². The highest BCUT2D eigenvalue weighted by Gasteiger charge is 2.63. The lowest BCUT2D eigenvalue weighted by atomic mass is 9.91. The molecule has 2 aromatic carbocycles. The number of rotatable bonds is 17. The number of carboxylic acids is 1. The first-order valence-electron chi connectivity index (χ1n) is 15.5. The van der Waals surface area contributed by atoms with E-state index in [-0.39, 0.29) is 13.0 Å². The Labute approximate surface area is 267 Å². The Bertz CT molecular complexity index is 1410. The number of aromatic nitrogens is 1. The molecule has 0 saturated heterocycles. The molecule has 12 heteroatoms. The molecule has 0 bridgehead atoms. The molecular formula is C34H41F3N4O5. The molecule has 3 N–H and O–H groups in total. The van der Waals surface area contributed by atoms with Gasteiger partial charge >= 0.3 is 12.1 Å². The summed E-state index contributed by atoms with van der Waals surface area (Å²) in [6.45, 7) is 2.48. The predicted molar refractivity (Wildman–Crippen MR) is 168 cm³/mol. The van der Waals surface area contributed by atoms with E-state index in [9.17, 15) is 27.9 Å². The lowest BCUT2D eigenvalue weighted by Gasteiger charge is -2.34. The van der Waals surface area contributed by atoms with Gasteiger partial charge in [0.1, 0.15) is 24.2 Å². The second-order valence-electron chi connectivity index (χ2n) is 11.2. The number of hydrogen-bond donors (Lipinski definition) is 3. The van der Waals surface area contributed by atoms with Crippen molar-refractivity contribution in [2.45, 2.75) is 56.3 Å². The summed E-state index contributed by atoms with van der Waals surface area (Å²) in [7, 11) is 0.778. The van der Waals surface area contributed by atoms with E-state index in [1.54, 1.807) is 0 Å². The van der Waals surface area contributed by atoms with Crippen molar-refractivity contribution in [3.8, 4) is 5.75 Å². The summed E-state index contributed by atoms with van der Waals surface area (Å²) < 4.78 is 53.8. The first-order valence-corrected chi connectivity index (χ1v) is 15.5. The number of fused-ring (bicyclic) bond motifs is 1. The summed E-state index contributed by atoms with van der Waals surface area (Å²) in [5.74, 6) is -1.40. The van der Waals surface area contributed by atoms with Crippen molar-refractivity contribution >= 4 is 17.7 Å². The third-order valence-electron chi connectivity index (χ3n) is 8.07. The molecule has 2 atom stereocenters. The molecule has 1 aromatic heterocycles. The summed E-state index contributed by atoms with van der Waals surface area (Å²) in [4.78, 5) is 32.1. The molecule has 248 valence electrons. The second kappa shape index (κ2) is 16.4. The normalized spacial score (nSPS) is 14.9. The van der Waals surface area contributed by atoms with Gasteiger partial charge in [-0.15, -0.1) is 0 Å². The predicted octanol–water partition coefficient (Wildman–Crippen LogP) is 5.21. The Morgan fingerprint density at radius 2 is 1.72 bits per heavy atom. The zero-order valence-corrected chi connectivity index (χ0v) is 25.9. The number of unbranched alkanes of at least 4 members (excludes halogenated alkanes) is 1.